The molecule has 22 heavy (non-hydrogen) atoms. The maximum absolute atomic E-state index is 13.7. The maximum atomic E-state index is 13.7. The molecule has 1 aromatic carbocycles. The minimum absolute atomic E-state index is 0.389. The predicted octanol–water partition coefficient (Wildman–Crippen LogP) is 4.92. The van der Waals surface area contributed by atoms with Crippen molar-refractivity contribution < 1.29 is 26.7 Å². The summed E-state index contributed by atoms with van der Waals surface area (Å²) in [5.41, 5.74) is -2.37. The van der Waals surface area contributed by atoms with Crippen molar-refractivity contribution in [2.24, 2.45) is 0 Å². The summed E-state index contributed by atoms with van der Waals surface area (Å²) in [7, 11) is 0. The van der Waals surface area contributed by atoms with Gasteiger partial charge in [0.05, 0.1) is 10.6 Å². The van der Waals surface area contributed by atoms with Crippen LogP contribution in [-0.2, 0) is 6.18 Å². The second-order valence-electron chi connectivity index (χ2n) is 4.10. The topological polar surface area (TPSA) is 30.0 Å². The summed E-state index contributed by atoms with van der Waals surface area (Å²) in [6, 6.07) is 2.29. The fourth-order valence-electron chi connectivity index (χ4n) is 1.63. The Morgan fingerprint density at radius 3 is 2.32 bits per heavy atom. The zero-order valence-corrected chi connectivity index (χ0v) is 11.8. The van der Waals surface area contributed by atoms with E-state index in [0.29, 0.717) is 12.3 Å². The van der Waals surface area contributed by atoms with Gasteiger partial charge in [-0.05, 0) is 18.2 Å². The van der Waals surface area contributed by atoms with Crippen LogP contribution in [0.1, 0.15) is 21.6 Å². The molecule has 0 aliphatic heterocycles. The summed E-state index contributed by atoms with van der Waals surface area (Å²) in [5, 5.41) is -1.70. The zero-order valence-electron chi connectivity index (χ0n) is 10.3. The highest BCUT2D eigenvalue weighted by Crippen LogP contribution is 2.33. The fraction of sp³-hybridized carbons (Fsp3) is 0.0769. The molecule has 0 fully saturated rings. The molecule has 0 atom stereocenters. The lowest BCUT2D eigenvalue weighted by Gasteiger charge is -2.09. The number of nitrogens with zero attached hydrogens (tertiary/aromatic N) is 1. The van der Waals surface area contributed by atoms with Crippen LogP contribution < -0.4 is 0 Å². The van der Waals surface area contributed by atoms with Gasteiger partial charge >= 0.3 is 6.18 Å². The molecule has 0 spiro atoms. The van der Waals surface area contributed by atoms with Crippen molar-refractivity contribution in [3.05, 3.63) is 62.9 Å². The number of aromatic nitrogens is 1. The predicted molar refractivity (Wildman–Crippen MR) is 69.0 cm³/mol. The van der Waals surface area contributed by atoms with Crippen LogP contribution in [0.15, 0.2) is 24.4 Å². The summed E-state index contributed by atoms with van der Waals surface area (Å²) < 4.78 is 64.3. The van der Waals surface area contributed by atoms with E-state index in [0.717, 1.165) is 12.1 Å². The van der Waals surface area contributed by atoms with Crippen molar-refractivity contribution in [2.75, 3.05) is 0 Å². The SMILES string of the molecule is O=C(c1cnc(C(F)(F)F)c(Cl)c1)c1ccc(F)c(Cl)c1F. The van der Waals surface area contributed by atoms with Gasteiger partial charge < -0.3 is 0 Å². The molecule has 2 rings (SSSR count). The van der Waals surface area contributed by atoms with E-state index in [2.05, 4.69) is 4.98 Å². The van der Waals surface area contributed by atoms with Gasteiger partial charge in [-0.1, -0.05) is 23.2 Å². The van der Waals surface area contributed by atoms with Crippen LogP contribution in [0.3, 0.4) is 0 Å². The molecule has 0 N–H and O–H groups in total. The molecule has 0 aliphatic carbocycles. The Bertz CT molecular complexity index is 761. The highest BCUT2D eigenvalue weighted by atomic mass is 35.5. The van der Waals surface area contributed by atoms with Gasteiger partial charge in [-0.2, -0.15) is 13.2 Å². The van der Waals surface area contributed by atoms with Crippen molar-refractivity contribution >= 4 is 29.0 Å². The van der Waals surface area contributed by atoms with Crippen molar-refractivity contribution in [3.63, 3.8) is 0 Å². The quantitative estimate of drug-likeness (QED) is 0.435. The van der Waals surface area contributed by atoms with Crippen LogP contribution in [0.25, 0.3) is 0 Å². The van der Waals surface area contributed by atoms with Crippen LogP contribution in [0.2, 0.25) is 10.0 Å². The van der Waals surface area contributed by atoms with Crippen LogP contribution in [-0.4, -0.2) is 10.8 Å². The molecule has 2 nitrogen and oxygen atoms in total. The maximum Gasteiger partial charge on any atom is 0.434 e. The first kappa shape index (κ1) is 16.6. The molecular weight excluding hydrogens is 352 g/mol. The van der Waals surface area contributed by atoms with Crippen LogP contribution >= 0.6 is 23.2 Å². The molecule has 1 aromatic heterocycles. The van der Waals surface area contributed by atoms with Crippen LogP contribution in [0.4, 0.5) is 22.0 Å². The Labute approximate surface area is 130 Å². The Hall–Kier alpha value is -1.73. The van der Waals surface area contributed by atoms with Gasteiger partial charge in [0.25, 0.3) is 0 Å². The van der Waals surface area contributed by atoms with Crippen molar-refractivity contribution in [2.45, 2.75) is 6.18 Å². The van der Waals surface area contributed by atoms with Crippen molar-refractivity contribution in [1.29, 1.82) is 0 Å². The molecule has 9 heteroatoms. The minimum Gasteiger partial charge on any atom is -0.288 e. The second-order valence-corrected chi connectivity index (χ2v) is 4.89. The van der Waals surface area contributed by atoms with Gasteiger partial charge in [0.15, 0.2) is 17.3 Å². The zero-order chi connectivity index (χ0) is 16.7. The number of benzene rings is 1. The smallest absolute Gasteiger partial charge is 0.288 e. The summed E-state index contributed by atoms with van der Waals surface area (Å²) in [6.45, 7) is 0. The number of hydrogen-bond acceptors (Lipinski definition) is 2. The van der Waals surface area contributed by atoms with Crippen molar-refractivity contribution in [1.82, 2.24) is 4.98 Å². The lowest BCUT2D eigenvalue weighted by atomic mass is 10.0. The second kappa shape index (κ2) is 5.81. The van der Waals surface area contributed by atoms with Crippen LogP contribution in [0.5, 0.6) is 0 Å². The fourth-order valence-corrected chi connectivity index (χ4v) is 2.07. The molecule has 116 valence electrons. The van der Waals surface area contributed by atoms with E-state index in [1.165, 1.54) is 0 Å². The molecule has 0 unspecified atom stereocenters. The third-order valence-electron chi connectivity index (χ3n) is 2.65. The Kier molecular flexibility index (Phi) is 4.39. The van der Waals surface area contributed by atoms with E-state index in [1.807, 2.05) is 0 Å². The van der Waals surface area contributed by atoms with Gasteiger partial charge in [-0.25, -0.2) is 13.8 Å². The molecule has 0 saturated carbocycles. The monoisotopic (exact) mass is 355 g/mol. The largest absolute Gasteiger partial charge is 0.434 e. The molecule has 2 aromatic rings. The number of hydrogen-bond donors (Lipinski definition) is 0. The molecule has 0 amide bonds. The van der Waals surface area contributed by atoms with Gasteiger partial charge in [0, 0.05) is 11.8 Å². The van der Waals surface area contributed by atoms with Gasteiger partial charge in [-0.3, -0.25) is 4.79 Å². The Morgan fingerprint density at radius 1 is 1.14 bits per heavy atom. The average Bonchev–Trinajstić information content (AvgIpc) is 2.43. The van der Waals surface area contributed by atoms with E-state index < -0.39 is 44.9 Å². The normalized spacial score (nSPS) is 11.6. The number of ketones is 1. The molecule has 0 aliphatic rings. The average molecular weight is 356 g/mol. The highest BCUT2D eigenvalue weighted by molar-refractivity contribution is 6.32. The van der Waals surface area contributed by atoms with Gasteiger partial charge in [-0.15, -0.1) is 0 Å². The van der Waals surface area contributed by atoms with E-state index >= 15 is 0 Å². The van der Waals surface area contributed by atoms with Gasteiger partial charge in [0.2, 0.25) is 0 Å². The lowest BCUT2D eigenvalue weighted by Crippen LogP contribution is -2.11. The minimum atomic E-state index is -4.79. The standard InChI is InChI=1S/C13H4Cl2F5NO/c14-7-3-5(4-21-12(7)13(18,19)20)11(22)6-1-2-8(16)9(15)10(6)17/h1-4H. The third kappa shape index (κ3) is 3.05. The molecule has 1 heterocycles. The van der Waals surface area contributed by atoms with E-state index in [-0.39, 0.29) is 5.56 Å². The first-order valence-electron chi connectivity index (χ1n) is 5.54. The van der Waals surface area contributed by atoms with E-state index in [9.17, 15) is 26.7 Å². The first-order valence-corrected chi connectivity index (χ1v) is 6.29. The Balaban J connectivity index is 2.47. The highest BCUT2D eigenvalue weighted by Gasteiger charge is 2.35. The molecule has 0 saturated heterocycles. The summed E-state index contributed by atoms with van der Waals surface area (Å²) in [4.78, 5) is 15.1. The lowest BCUT2D eigenvalue weighted by molar-refractivity contribution is -0.141. The number of rotatable bonds is 2. The summed E-state index contributed by atoms with van der Waals surface area (Å²) >= 11 is 10.8. The molecular formula is C13H4Cl2F5NO. The number of carbonyl (C=O) groups excluding carboxylic acids is 1. The summed E-state index contributed by atoms with van der Waals surface area (Å²) in [5.74, 6) is -3.41. The molecule has 0 bridgehead atoms. The van der Waals surface area contributed by atoms with Crippen molar-refractivity contribution in [3.8, 4) is 0 Å². The molecule has 0 radical (unpaired) electrons. The first-order chi connectivity index (χ1) is 10.1. The number of pyridine rings is 1. The third-order valence-corrected chi connectivity index (χ3v) is 3.29. The number of alkyl halides is 3. The number of carbonyl (C=O) groups is 1. The van der Waals surface area contributed by atoms with Crippen LogP contribution in [0, 0.1) is 11.6 Å². The summed E-state index contributed by atoms with van der Waals surface area (Å²) in [6.07, 6.45) is -4.18. The number of halogens is 7. The van der Waals surface area contributed by atoms with E-state index in [4.69, 9.17) is 23.2 Å². The Morgan fingerprint density at radius 2 is 1.77 bits per heavy atom. The van der Waals surface area contributed by atoms with Gasteiger partial charge in [0.1, 0.15) is 10.8 Å². The van der Waals surface area contributed by atoms with E-state index in [1.54, 1.807) is 0 Å².